The molecule has 0 aromatic carbocycles. The summed E-state index contributed by atoms with van der Waals surface area (Å²) in [4.78, 5) is 13.5. The average molecular weight is 212 g/mol. The van der Waals surface area contributed by atoms with E-state index in [1.54, 1.807) is 0 Å². The first kappa shape index (κ1) is 10.9. The summed E-state index contributed by atoms with van der Waals surface area (Å²) < 4.78 is 0. The highest BCUT2D eigenvalue weighted by Crippen LogP contribution is 2.32. The second-order valence-electron chi connectivity index (χ2n) is 4.62. The predicted octanol–water partition coefficient (Wildman–Crippen LogP) is -0.0307. The van der Waals surface area contributed by atoms with E-state index in [0.29, 0.717) is 19.0 Å². The normalized spacial score (nSPS) is 23.1. The molecule has 1 saturated carbocycles. The van der Waals surface area contributed by atoms with E-state index in [1.807, 2.05) is 4.90 Å². The molecule has 0 bridgehead atoms. The monoisotopic (exact) mass is 212 g/mol. The summed E-state index contributed by atoms with van der Waals surface area (Å²) in [5.41, 5.74) is 0. The lowest BCUT2D eigenvalue weighted by atomic mass is 10.2. The van der Waals surface area contributed by atoms with E-state index in [1.165, 1.54) is 0 Å². The zero-order valence-corrected chi connectivity index (χ0v) is 9.11. The molecule has 2 fully saturated rings. The van der Waals surface area contributed by atoms with Crippen molar-refractivity contribution in [2.24, 2.45) is 5.92 Å². The number of likely N-dealkylation sites (tertiary alicyclic amines) is 1. The van der Waals surface area contributed by atoms with E-state index in [-0.39, 0.29) is 12.0 Å². The van der Waals surface area contributed by atoms with E-state index < -0.39 is 0 Å². The SMILES string of the molecule is O=C(CNCC(O)C1CC1)N1CCCC1. The molecular formula is C11H20N2O2. The first-order valence-electron chi connectivity index (χ1n) is 5.94. The van der Waals surface area contributed by atoms with Crippen molar-refractivity contribution in [3.8, 4) is 0 Å². The number of carbonyl (C=O) groups is 1. The van der Waals surface area contributed by atoms with Crippen molar-refractivity contribution in [2.45, 2.75) is 31.8 Å². The molecule has 4 heteroatoms. The predicted molar refractivity (Wildman–Crippen MR) is 57.4 cm³/mol. The van der Waals surface area contributed by atoms with Crippen molar-refractivity contribution in [2.75, 3.05) is 26.2 Å². The first-order valence-corrected chi connectivity index (χ1v) is 5.94. The Bertz CT molecular complexity index is 223. The number of nitrogens with zero attached hydrogens (tertiary/aromatic N) is 1. The zero-order chi connectivity index (χ0) is 10.7. The number of amides is 1. The Hall–Kier alpha value is -0.610. The quantitative estimate of drug-likeness (QED) is 0.673. The van der Waals surface area contributed by atoms with Crippen LogP contribution in [0.3, 0.4) is 0 Å². The van der Waals surface area contributed by atoms with Gasteiger partial charge in [0.25, 0.3) is 0 Å². The summed E-state index contributed by atoms with van der Waals surface area (Å²) in [6.07, 6.45) is 4.30. The minimum atomic E-state index is -0.253. The topological polar surface area (TPSA) is 52.6 Å². The van der Waals surface area contributed by atoms with E-state index in [2.05, 4.69) is 5.32 Å². The molecule has 0 spiro atoms. The molecule has 1 aliphatic heterocycles. The molecule has 2 rings (SSSR count). The Balaban J connectivity index is 1.58. The molecule has 2 aliphatic rings. The molecule has 86 valence electrons. The van der Waals surface area contributed by atoms with E-state index >= 15 is 0 Å². The number of hydrogen-bond donors (Lipinski definition) is 2. The van der Waals surface area contributed by atoms with Crippen LogP contribution < -0.4 is 5.32 Å². The van der Waals surface area contributed by atoms with Gasteiger partial charge in [-0.05, 0) is 31.6 Å². The number of nitrogens with one attached hydrogen (secondary N) is 1. The highest BCUT2D eigenvalue weighted by Gasteiger charge is 2.29. The van der Waals surface area contributed by atoms with Crippen LogP contribution in [0.15, 0.2) is 0 Å². The van der Waals surface area contributed by atoms with Crippen LogP contribution in [-0.4, -0.2) is 48.2 Å². The third-order valence-corrected chi connectivity index (χ3v) is 3.25. The van der Waals surface area contributed by atoms with Crippen molar-refractivity contribution in [3.05, 3.63) is 0 Å². The number of aliphatic hydroxyl groups excluding tert-OH is 1. The van der Waals surface area contributed by atoms with E-state index in [9.17, 15) is 9.90 Å². The largest absolute Gasteiger partial charge is 0.392 e. The summed E-state index contributed by atoms with van der Waals surface area (Å²) >= 11 is 0. The van der Waals surface area contributed by atoms with Gasteiger partial charge < -0.3 is 15.3 Å². The van der Waals surface area contributed by atoms with Crippen molar-refractivity contribution in [3.63, 3.8) is 0 Å². The van der Waals surface area contributed by atoms with Gasteiger partial charge in [0, 0.05) is 19.6 Å². The van der Waals surface area contributed by atoms with Gasteiger partial charge in [0.1, 0.15) is 0 Å². The molecule has 1 unspecified atom stereocenters. The fourth-order valence-corrected chi connectivity index (χ4v) is 2.05. The molecule has 1 aliphatic carbocycles. The van der Waals surface area contributed by atoms with Crippen molar-refractivity contribution in [1.29, 1.82) is 0 Å². The molecule has 15 heavy (non-hydrogen) atoms. The summed E-state index contributed by atoms with van der Waals surface area (Å²) in [6.45, 7) is 2.76. The van der Waals surface area contributed by atoms with Gasteiger partial charge in [0.05, 0.1) is 12.6 Å². The van der Waals surface area contributed by atoms with Gasteiger partial charge in [-0.2, -0.15) is 0 Å². The minimum absolute atomic E-state index is 0.176. The second kappa shape index (κ2) is 4.94. The Labute approximate surface area is 90.6 Å². The van der Waals surface area contributed by atoms with Gasteiger partial charge in [0.2, 0.25) is 5.91 Å². The van der Waals surface area contributed by atoms with Crippen LogP contribution in [-0.2, 0) is 4.79 Å². The van der Waals surface area contributed by atoms with Crippen LogP contribution in [0.25, 0.3) is 0 Å². The summed E-state index contributed by atoms with van der Waals surface area (Å²) in [6, 6.07) is 0. The smallest absolute Gasteiger partial charge is 0.236 e. The number of aliphatic hydroxyl groups is 1. The molecule has 1 amide bonds. The third kappa shape index (κ3) is 3.18. The van der Waals surface area contributed by atoms with Gasteiger partial charge in [-0.25, -0.2) is 0 Å². The first-order chi connectivity index (χ1) is 7.27. The third-order valence-electron chi connectivity index (χ3n) is 3.25. The fraction of sp³-hybridized carbons (Fsp3) is 0.909. The molecule has 1 atom stereocenters. The molecular weight excluding hydrogens is 192 g/mol. The van der Waals surface area contributed by atoms with Crippen LogP contribution in [0.2, 0.25) is 0 Å². The highest BCUT2D eigenvalue weighted by molar-refractivity contribution is 5.78. The fourth-order valence-electron chi connectivity index (χ4n) is 2.05. The van der Waals surface area contributed by atoms with Gasteiger partial charge in [-0.1, -0.05) is 0 Å². The van der Waals surface area contributed by atoms with Crippen molar-refractivity contribution < 1.29 is 9.90 Å². The average Bonchev–Trinajstić information content (AvgIpc) is 2.93. The minimum Gasteiger partial charge on any atom is -0.392 e. The Morgan fingerprint density at radius 3 is 2.67 bits per heavy atom. The van der Waals surface area contributed by atoms with Crippen molar-refractivity contribution in [1.82, 2.24) is 10.2 Å². The lowest BCUT2D eigenvalue weighted by molar-refractivity contribution is -0.129. The van der Waals surface area contributed by atoms with Gasteiger partial charge >= 0.3 is 0 Å². The maximum atomic E-state index is 11.6. The van der Waals surface area contributed by atoms with Crippen LogP contribution in [0.5, 0.6) is 0 Å². The van der Waals surface area contributed by atoms with Crippen LogP contribution in [0, 0.1) is 5.92 Å². The molecule has 4 nitrogen and oxygen atoms in total. The second-order valence-corrected chi connectivity index (χ2v) is 4.62. The van der Waals surface area contributed by atoms with Crippen LogP contribution >= 0.6 is 0 Å². The van der Waals surface area contributed by atoms with Gasteiger partial charge in [-0.15, -0.1) is 0 Å². The number of rotatable bonds is 5. The van der Waals surface area contributed by atoms with Crippen LogP contribution in [0.1, 0.15) is 25.7 Å². The number of carbonyl (C=O) groups excluding carboxylic acids is 1. The maximum Gasteiger partial charge on any atom is 0.236 e. The summed E-state index contributed by atoms with van der Waals surface area (Å²) in [7, 11) is 0. The Morgan fingerprint density at radius 1 is 1.40 bits per heavy atom. The molecule has 0 aromatic rings. The Morgan fingerprint density at radius 2 is 2.07 bits per heavy atom. The van der Waals surface area contributed by atoms with E-state index in [4.69, 9.17) is 0 Å². The molecule has 2 N–H and O–H groups in total. The zero-order valence-electron chi connectivity index (χ0n) is 9.11. The highest BCUT2D eigenvalue weighted by atomic mass is 16.3. The van der Waals surface area contributed by atoms with Gasteiger partial charge in [0.15, 0.2) is 0 Å². The lowest BCUT2D eigenvalue weighted by Gasteiger charge is -2.16. The maximum absolute atomic E-state index is 11.6. The molecule has 0 aromatic heterocycles. The lowest BCUT2D eigenvalue weighted by Crippen LogP contribution is -2.39. The summed E-state index contributed by atoms with van der Waals surface area (Å²) in [5.74, 6) is 0.662. The molecule has 1 saturated heterocycles. The Kier molecular flexibility index (Phi) is 3.59. The standard InChI is InChI=1S/C11H20N2O2/c14-10(9-3-4-9)7-12-8-11(15)13-5-1-2-6-13/h9-10,12,14H,1-8H2. The summed E-state index contributed by atoms with van der Waals surface area (Å²) in [5, 5.41) is 12.6. The molecule has 0 radical (unpaired) electrons. The van der Waals surface area contributed by atoms with Crippen molar-refractivity contribution >= 4 is 5.91 Å². The number of hydrogen-bond acceptors (Lipinski definition) is 3. The van der Waals surface area contributed by atoms with Gasteiger partial charge in [-0.3, -0.25) is 4.79 Å². The molecule has 1 heterocycles. The van der Waals surface area contributed by atoms with Crippen LogP contribution in [0.4, 0.5) is 0 Å². The van der Waals surface area contributed by atoms with E-state index in [0.717, 1.165) is 38.8 Å².